The lowest BCUT2D eigenvalue weighted by molar-refractivity contribution is 0.283. The second kappa shape index (κ2) is 6.28. The number of unbranched alkanes of at least 4 members (excludes halogenated alkanes) is 1. The van der Waals surface area contributed by atoms with Crippen molar-refractivity contribution in [2.75, 3.05) is 25.4 Å². The van der Waals surface area contributed by atoms with E-state index in [0.717, 1.165) is 25.9 Å². The van der Waals surface area contributed by atoms with Crippen molar-refractivity contribution in [3.8, 4) is 0 Å². The van der Waals surface area contributed by atoms with E-state index < -0.39 is 0 Å². The summed E-state index contributed by atoms with van der Waals surface area (Å²) in [7, 11) is 0. The van der Waals surface area contributed by atoms with Crippen LogP contribution in [0.3, 0.4) is 0 Å². The standard InChI is InChI=1S/C13H19NOS/c15-8-4-3-7-14-9-11-10-16-13-6-2-1-5-12(11)13/h1-2,5-6,11,14-15H,3-4,7-10H2. The molecule has 0 aromatic heterocycles. The number of fused-ring (bicyclic) bond motifs is 1. The smallest absolute Gasteiger partial charge is 0.0431 e. The summed E-state index contributed by atoms with van der Waals surface area (Å²) in [6.07, 6.45) is 1.97. The number of aliphatic hydroxyl groups is 1. The van der Waals surface area contributed by atoms with Crippen molar-refractivity contribution in [3.63, 3.8) is 0 Å². The van der Waals surface area contributed by atoms with Crippen molar-refractivity contribution >= 4 is 11.8 Å². The van der Waals surface area contributed by atoms with E-state index in [4.69, 9.17) is 5.11 Å². The molecule has 2 rings (SSSR count). The Kier molecular flexibility index (Phi) is 4.69. The largest absolute Gasteiger partial charge is 0.396 e. The lowest BCUT2D eigenvalue weighted by Crippen LogP contribution is -2.22. The van der Waals surface area contributed by atoms with E-state index in [0.29, 0.717) is 12.5 Å². The molecule has 0 saturated heterocycles. The predicted octanol–water partition coefficient (Wildman–Crippen LogP) is 2.24. The van der Waals surface area contributed by atoms with E-state index in [1.807, 2.05) is 11.8 Å². The fraction of sp³-hybridized carbons (Fsp3) is 0.538. The Bertz CT molecular complexity index is 329. The molecule has 2 N–H and O–H groups in total. The van der Waals surface area contributed by atoms with Crippen LogP contribution in [0.15, 0.2) is 29.2 Å². The molecule has 1 aliphatic heterocycles. The van der Waals surface area contributed by atoms with Gasteiger partial charge < -0.3 is 10.4 Å². The number of aliphatic hydroxyl groups excluding tert-OH is 1. The molecule has 0 spiro atoms. The van der Waals surface area contributed by atoms with Gasteiger partial charge in [0.2, 0.25) is 0 Å². The summed E-state index contributed by atoms with van der Waals surface area (Å²) in [5.74, 6) is 1.86. The van der Waals surface area contributed by atoms with Gasteiger partial charge in [0, 0.05) is 29.7 Å². The molecule has 0 radical (unpaired) electrons. The van der Waals surface area contributed by atoms with Crippen molar-refractivity contribution < 1.29 is 5.11 Å². The predicted molar refractivity (Wildman–Crippen MR) is 69.1 cm³/mol. The number of thioether (sulfide) groups is 1. The Hall–Kier alpha value is -0.510. The molecule has 0 aliphatic carbocycles. The highest BCUT2D eigenvalue weighted by Gasteiger charge is 2.21. The molecule has 0 fully saturated rings. The molecule has 1 aliphatic rings. The van der Waals surface area contributed by atoms with E-state index in [1.54, 1.807) is 0 Å². The summed E-state index contributed by atoms with van der Waals surface area (Å²) < 4.78 is 0. The van der Waals surface area contributed by atoms with Gasteiger partial charge in [-0.3, -0.25) is 0 Å². The average Bonchev–Trinajstić information content (AvgIpc) is 2.73. The fourth-order valence-corrected chi connectivity index (χ4v) is 3.29. The third-order valence-corrected chi connectivity index (χ3v) is 4.20. The molecular weight excluding hydrogens is 218 g/mol. The van der Waals surface area contributed by atoms with Crippen LogP contribution >= 0.6 is 11.8 Å². The highest BCUT2D eigenvalue weighted by atomic mass is 32.2. The Balaban J connectivity index is 1.76. The lowest BCUT2D eigenvalue weighted by Gasteiger charge is -2.11. The Morgan fingerprint density at radius 2 is 2.19 bits per heavy atom. The fourth-order valence-electron chi connectivity index (χ4n) is 2.04. The van der Waals surface area contributed by atoms with Crippen LogP contribution in [0.4, 0.5) is 0 Å². The first kappa shape index (κ1) is 12.0. The van der Waals surface area contributed by atoms with Crippen molar-refractivity contribution in [1.29, 1.82) is 0 Å². The summed E-state index contributed by atoms with van der Waals surface area (Å²) in [5, 5.41) is 12.2. The first-order chi connectivity index (χ1) is 7.92. The summed E-state index contributed by atoms with van der Waals surface area (Å²) in [6.45, 7) is 2.39. The monoisotopic (exact) mass is 237 g/mol. The van der Waals surface area contributed by atoms with Gasteiger partial charge in [0.15, 0.2) is 0 Å². The highest BCUT2D eigenvalue weighted by Crippen LogP contribution is 2.38. The van der Waals surface area contributed by atoms with Crippen LogP contribution in [0.5, 0.6) is 0 Å². The van der Waals surface area contributed by atoms with E-state index in [2.05, 4.69) is 29.6 Å². The van der Waals surface area contributed by atoms with Crippen LogP contribution in [-0.4, -0.2) is 30.6 Å². The van der Waals surface area contributed by atoms with Crippen LogP contribution in [-0.2, 0) is 0 Å². The second-order valence-corrected chi connectivity index (χ2v) is 5.24. The van der Waals surface area contributed by atoms with Crippen LogP contribution in [0.25, 0.3) is 0 Å². The van der Waals surface area contributed by atoms with E-state index in [1.165, 1.54) is 16.2 Å². The third-order valence-electron chi connectivity index (χ3n) is 2.95. The van der Waals surface area contributed by atoms with E-state index in [9.17, 15) is 0 Å². The Morgan fingerprint density at radius 3 is 3.06 bits per heavy atom. The quantitative estimate of drug-likeness (QED) is 0.744. The zero-order valence-electron chi connectivity index (χ0n) is 9.48. The Labute approximate surface area is 101 Å². The maximum absolute atomic E-state index is 8.68. The maximum Gasteiger partial charge on any atom is 0.0431 e. The number of nitrogens with one attached hydrogen (secondary N) is 1. The molecular formula is C13H19NOS. The second-order valence-electron chi connectivity index (χ2n) is 4.18. The molecule has 2 nitrogen and oxygen atoms in total. The molecule has 1 atom stereocenters. The van der Waals surface area contributed by atoms with Crippen LogP contribution in [0.2, 0.25) is 0 Å². The summed E-state index contributed by atoms with van der Waals surface area (Å²) in [6, 6.07) is 8.70. The Morgan fingerprint density at radius 1 is 1.31 bits per heavy atom. The van der Waals surface area contributed by atoms with Crippen LogP contribution < -0.4 is 5.32 Å². The number of benzene rings is 1. The lowest BCUT2D eigenvalue weighted by atomic mass is 10.0. The highest BCUT2D eigenvalue weighted by molar-refractivity contribution is 7.99. The topological polar surface area (TPSA) is 32.3 Å². The summed E-state index contributed by atoms with van der Waals surface area (Å²) in [4.78, 5) is 1.45. The molecule has 1 aromatic carbocycles. The van der Waals surface area contributed by atoms with E-state index >= 15 is 0 Å². The van der Waals surface area contributed by atoms with Crippen molar-refractivity contribution in [2.24, 2.45) is 0 Å². The molecule has 1 unspecified atom stereocenters. The molecule has 88 valence electrons. The summed E-state index contributed by atoms with van der Waals surface area (Å²) >= 11 is 1.96. The maximum atomic E-state index is 8.68. The third kappa shape index (κ3) is 3.00. The molecule has 0 amide bonds. The zero-order valence-corrected chi connectivity index (χ0v) is 10.3. The minimum Gasteiger partial charge on any atom is -0.396 e. The number of hydrogen-bond donors (Lipinski definition) is 2. The van der Waals surface area contributed by atoms with E-state index in [-0.39, 0.29) is 0 Å². The van der Waals surface area contributed by atoms with Gasteiger partial charge in [-0.05, 0) is 31.0 Å². The minimum atomic E-state index is 0.309. The van der Waals surface area contributed by atoms with Gasteiger partial charge in [-0.15, -0.1) is 11.8 Å². The van der Waals surface area contributed by atoms with Crippen molar-refractivity contribution in [3.05, 3.63) is 29.8 Å². The molecule has 1 heterocycles. The molecule has 3 heteroatoms. The zero-order chi connectivity index (χ0) is 11.2. The van der Waals surface area contributed by atoms with Gasteiger partial charge in [0.25, 0.3) is 0 Å². The summed E-state index contributed by atoms with van der Waals surface area (Å²) in [5.41, 5.74) is 1.50. The normalized spacial score (nSPS) is 18.7. The van der Waals surface area contributed by atoms with Gasteiger partial charge >= 0.3 is 0 Å². The van der Waals surface area contributed by atoms with Crippen molar-refractivity contribution in [1.82, 2.24) is 5.32 Å². The van der Waals surface area contributed by atoms with Gasteiger partial charge in [-0.2, -0.15) is 0 Å². The molecule has 0 saturated carbocycles. The minimum absolute atomic E-state index is 0.309. The SMILES string of the molecule is OCCCCNCC1CSc2ccccc21. The number of hydrogen-bond acceptors (Lipinski definition) is 3. The van der Waals surface area contributed by atoms with Gasteiger partial charge in [-0.1, -0.05) is 18.2 Å². The van der Waals surface area contributed by atoms with Gasteiger partial charge in [0.1, 0.15) is 0 Å². The number of rotatable bonds is 6. The van der Waals surface area contributed by atoms with Crippen molar-refractivity contribution in [2.45, 2.75) is 23.7 Å². The average molecular weight is 237 g/mol. The first-order valence-electron chi connectivity index (χ1n) is 5.95. The van der Waals surface area contributed by atoms with Crippen LogP contribution in [0, 0.1) is 0 Å². The molecule has 16 heavy (non-hydrogen) atoms. The molecule has 1 aromatic rings. The van der Waals surface area contributed by atoms with Gasteiger partial charge in [-0.25, -0.2) is 0 Å². The van der Waals surface area contributed by atoms with Crippen LogP contribution in [0.1, 0.15) is 24.3 Å². The molecule has 0 bridgehead atoms. The first-order valence-corrected chi connectivity index (χ1v) is 6.93. The van der Waals surface area contributed by atoms with Gasteiger partial charge in [0.05, 0.1) is 0 Å².